The van der Waals surface area contributed by atoms with Crippen molar-refractivity contribution in [1.29, 1.82) is 0 Å². The van der Waals surface area contributed by atoms with Gasteiger partial charge in [-0.2, -0.15) is 4.73 Å². The summed E-state index contributed by atoms with van der Waals surface area (Å²) in [7, 11) is 1.55. The van der Waals surface area contributed by atoms with Crippen LogP contribution in [0.1, 0.15) is 110 Å². The van der Waals surface area contributed by atoms with Gasteiger partial charge in [-0.3, -0.25) is 24.0 Å². The third-order valence-corrected chi connectivity index (χ3v) is 8.19. The third kappa shape index (κ3) is 12.0. The lowest BCUT2D eigenvalue weighted by molar-refractivity contribution is -0.142. The van der Waals surface area contributed by atoms with Crippen LogP contribution in [-0.4, -0.2) is 71.2 Å². The molecule has 2 aliphatic rings. The van der Waals surface area contributed by atoms with Crippen LogP contribution in [0.4, 0.5) is 0 Å². The number of amides is 3. The highest BCUT2D eigenvalue weighted by Crippen LogP contribution is 2.23. The van der Waals surface area contributed by atoms with E-state index in [2.05, 4.69) is 31.4 Å². The largest absolute Gasteiger partial charge is 0.417 e. The Morgan fingerprint density at radius 2 is 1.69 bits per heavy atom. The maximum absolute atomic E-state index is 13.0. The van der Waals surface area contributed by atoms with Crippen LogP contribution in [0.5, 0.6) is 0 Å². The van der Waals surface area contributed by atoms with Gasteiger partial charge < -0.3 is 20.4 Å². The number of nitrogens with zero attached hydrogens (tertiary/aromatic N) is 2. The number of hydrogen-bond acceptors (Lipinski definition) is 6. The second kappa shape index (κ2) is 20.4. The molecule has 1 aromatic carbocycles. The zero-order chi connectivity index (χ0) is 33.2. The Hall–Kier alpha value is -3.69. The van der Waals surface area contributed by atoms with Gasteiger partial charge in [-0.15, -0.1) is 0 Å². The molecule has 2 atom stereocenters. The van der Waals surface area contributed by atoms with E-state index in [4.69, 9.17) is 4.84 Å². The van der Waals surface area contributed by atoms with Gasteiger partial charge in [0, 0.05) is 50.2 Å². The highest BCUT2D eigenvalue weighted by molar-refractivity contribution is 5.96. The first-order valence-corrected chi connectivity index (χ1v) is 16.7. The molecule has 1 aromatic heterocycles. The summed E-state index contributed by atoms with van der Waals surface area (Å²) in [4.78, 5) is 68.6. The molecule has 10 nitrogen and oxygen atoms in total. The van der Waals surface area contributed by atoms with Crippen molar-refractivity contribution >= 4 is 40.2 Å². The lowest BCUT2D eigenvalue weighted by Crippen LogP contribution is -2.54. The quantitative estimate of drug-likeness (QED) is 0.380. The molecule has 0 bridgehead atoms. The highest BCUT2D eigenvalue weighted by Gasteiger charge is 2.33. The standard InChI is InChI=1S/C23H28N4O5.C8H16O.C4H10/c1-32-27-14-15(16-6-2-3-7-18(16)27)12-17-23(31)24-13-22(30)26-11-5-4-8-19(26)20(28)9-10-21(29)25-17;1-3-5-6-7-8(9)4-2;1-3-4-2/h2-3,6-7,14,17,19H,4-5,8-13H2,1H3,(H,24,31)(H,25,29);3-7H2,1-2H3;3-4H2,1-2H3/t17?,19-;;/m1../s1. The number of aromatic nitrogens is 1. The number of unbranched alkanes of at least 4 members (excludes halogenated alkanes) is 3. The van der Waals surface area contributed by atoms with Gasteiger partial charge in [0.15, 0.2) is 5.78 Å². The molecule has 2 aliphatic heterocycles. The first-order valence-electron chi connectivity index (χ1n) is 16.7. The minimum Gasteiger partial charge on any atom is -0.417 e. The molecule has 0 spiro atoms. The van der Waals surface area contributed by atoms with Crippen LogP contribution < -0.4 is 15.5 Å². The van der Waals surface area contributed by atoms with E-state index < -0.39 is 18.0 Å². The number of nitrogens with one attached hydrogen (secondary N) is 2. The summed E-state index contributed by atoms with van der Waals surface area (Å²) < 4.78 is 1.61. The monoisotopic (exact) mass is 626 g/mol. The lowest BCUT2D eigenvalue weighted by atomic mass is 9.95. The fourth-order valence-electron chi connectivity index (χ4n) is 5.33. The Morgan fingerprint density at radius 1 is 0.956 bits per heavy atom. The van der Waals surface area contributed by atoms with E-state index in [0.717, 1.165) is 42.1 Å². The predicted molar refractivity (Wildman–Crippen MR) is 177 cm³/mol. The number of hydrogen-bond donors (Lipinski definition) is 2. The molecule has 3 heterocycles. The van der Waals surface area contributed by atoms with E-state index in [1.165, 1.54) is 25.7 Å². The molecule has 3 amide bonds. The topological polar surface area (TPSA) is 127 Å². The summed E-state index contributed by atoms with van der Waals surface area (Å²) in [5.74, 6) is -0.744. The maximum atomic E-state index is 13.0. The van der Waals surface area contributed by atoms with E-state index in [1.807, 2.05) is 31.2 Å². The number of carbonyl (C=O) groups is 5. The molecule has 2 N–H and O–H groups in total. The third-order valence-electron chi connectivity index (χ3n) is 8.19. The van der Waals surface area contributed by atoms with Crippen LogP contribution in [0.3, 0.4) is 0 Å². The van der Waals surface area contributed by atoms with Crippen molar-refractivity contribution in [1.82, 2.24) is 20.3 Å². The molecule has 45 heavy (non-hydrogen) atoms. The molecule has 2 saturated heterocycles. The Balaban J connectivity index is 0.000000458. The molecular weight excluding hydrogens is 572 g/mol. The van der Waals surface area contributed by atoms with Crippen LogP contribution in [0.15, 0.2) is 30.5 Å². The molecule has 2 aromatic rings. The van der Waals surface area contributed by atoms with E-state index in [1.54, 1.807) is 22.9 Å². The minimum atomic E-state index is -0.877. The average Bonchev–Trinajstić information content (AvgIpc) is 3.42. The lowest BCUT2D eigenvalue weighted by Gasteiger charge is -2.35. The smallest absolute Gasteiger partial charge is 0.243 e. The number of rotatable bonds is 9. The summed E-state index contributed by atoms with van der Waals surface area (Å²) in [5, 5.41) is 6.33. The van der Waals surface area contributed by atoms with Gasteiger partial charge in [-0.1, -0.05) is 71.6 Å². The number of piperidine rings is 1. The molecule has 0 saturated carbocycles. The van der Waals surface area contributed by atoms with Gasteiger partial charge in [0.25, 0.3) is 0 Å². The Bertz CT molecular complexity index is 1250. The summed E-state index contributed by atoms with van der Waals surface area (Å²) in [6.45, 7) is 8.73. The van der Waals surface area contributed by atoms with Gasteiger partial charge in [0.05, 0.1) is 18.1 Å². The van der Waals surface area contributed by atoms with Crippen molar-refractivity contribution in [2.24, 2.45) is 0 Å². The predicted octanol–water partition coefficient (Wildman–Crippen LogP) is 4.94. The van der Waals surface area contributed by atoms with Gasteiger partial charge in [0.1, 0.15) is 18.9 Å². The molecular formula is C35H54N4O6. The second-order valence-electron chi connectivity index (χ2n) is 11.6. The van der Waals surface area contributed by atoms with Crippen LogP contribution in [0, 0.1) is 0 Å². The van der Waals surface area contributed by atoms with Crippen LogP contribution >= 0.6 is 0 Å². The normalized spacial score (nSPS) is 19.0. The van der Waals surface area contributed by atoms with Crippen LogP contribution in [-0.2, 0) is 30.4 Å². The fraction of sp³-hybridized carbons (Fsp3) is 0.629. The number of benzene rings is 1. The minimum absolute atomic E-state index is 0.0129. The molecule has 250 valence electrons. The van der Waals surface area contributed by atoms with Crippen molar-refractivity contribution in [2.45, 2.75) is 123 Å². The zero-order valence-electron chi connectivity index (χ0n) is 28.0. The Labute approximate surface area is 268 Å². The van der Waals surface area contributed by atoms with Gasteiger partial charge >= 0.3 is 0 Å². The SMILES string of the molecule is CCCC.CCCCCC(=O)CC.COn1cc(CC2NC(=O)CCC(=O)[C@H]3CCCCN3C(=O)CNC2=O)c2ccccc21. The molecule has 10 heteroatoms. The number of carbonyl (C=O) groups excluding carboxylic acids is 5. The summed E-state index contributed by atoms with van der Waals surface area (Å²) in [6, 6.07) is 6.23. The first kappa shape index (κ1) is 37.5. The molecule has 4 rings (SSSR count). The number of para-hydroxylation sites is 1. The number of fused-ring (bicyclic) bond motifs is 2. The van der Waals surface area contributed by atoms with Crippen molar-refractivity contribution < 1.29 is 28.8 Å². The van der Waals surface area contributed by atoms with Crippen molar-refractivity contribution in [2.75, 3.05) is 20.2 Å². The second-order valence-corrected chi connectivity index (χ2v) is 11.6. The van der Waals surface area contributed by atoms with E-state index in [-0.39, 0.29) is 43.4 Å². The molecule has 0 aliphatic carbocycles. The summed E-state index contributed by atoms with van der Waals surface area (Å²) >= 11 is 0. The van der Waals surface area contributed by atoms with E-state index >= 15 is 0 Å². The average molecular weight is 627 g/mol. The molecule has 1 unspecified atom stereocenters. The van der Waals surface area contributed by atoms with Crippen molar-refractivity contribution in [3.63, 3.8) is 0 Å². The highest BCUT2D eigenvalue weighted by atomic mass is 16.6. The zero-order valence-corrected chi connectivity index (χ0v) is 28.0. The van der Waals surface area contributed by atoms with E-state index in [9.17, 15) is 24.0 Å². The summed E-state index contributed by atoms with van der Waals surface area (Å²) in [5.41, 5.74) is 1.68. The van der Waals surface area contributed by atoms with E-state index in [0.29, 0.717) is 25.2 Å². The number of Topliss-reactive ketones (excluding diaryl/α,β-unsaturated/α-hetero) is 2. The van der Waals surface area contributed by atoms with Crippen molar-refractivity contribution in [3.05, 3.63) is 36.0 Å². The van der Waals surface area contributed by atoms with Crippen LogP contribution in [0.25, 0.3) is 10.9 Å². The maximum Gasteiger partial charge on any atom is 0.243 e. The Kier molecular flexibility index (Phi) is 17.0. The number of ketones is 2. The first-order chi connectivity index (χ1) is 21.7. The van der Waals surface area contributed by atoms with Crippen molar-refractivity contribution in [3.8, 4) is 0 Å². The van der Waals surface area contributed by atoms with Gasteiger partial charge in [-0.25, -0.2) is 0 Å². The van der Waals surface area contributed by atoms with Crippen LogP contribution in [0.2, 0.25) is 0 Å². The molecule has 2 fully saturated rings. The summed E-state index contributed by atoms with van der Waals surface area (Å²) in [6.07, 6.45) is 12.0. The Morgan fingerprint density at radius 3 is 2.36 bits per heavy atom. The fourth-order valence-corrected chi connectivity index (χ4v) is 5.33. The van der Waals surface area contributed by atoms with Gasteiger partial charge in [0.2, 0.25) is 17.7 Å². The van der Waals surface area contributed by atoms with Gasteiger partial charge in [-0.05, 0) is 37.3 Å². The molecule has 0 radical (unpaired) electrons.